The summed E-state index contributed by atoms with van der Waals surface area (Å²) in [4.78, 5) is 0. The van der Waals surface area contributed by atoms with E-state index in [-0.39, 0.29) is 0 Å². The first kappa shape index (κ1) is 41.4. The quantitative estimate of drug-likeness (QED) is 0.167. The van der Waals surface area contributed by atoms with Crippen LogP contribution in [0.25, 0.3) is 132 Å². The van der Waals surface area contributed by atoms with Gasteiger partial charge in [-0.3, -0.25) is 0 Å². The average Bonchev–Trinajstić information content (AvgIpc) is 4.20. The molecule has 15 aromatic rings. The van der Waals surface area contributed by atoms with E-state index in [0.29, 0.717) is 11.1 Å². The van der Waals surface area contributed by atoms with E-state index in [1.54, 1.807) is 0 Å². The second-order valence-corrected chi connectivity index (χ2v) is 19.1. The predicted molar refractivity (Wildman–Crippen MR) is 304 cm³/mol. The van der Waals surface area contributed by atoms with E-state index in [0.717, 1.165) is 132 Å². The fourth-order valence-electron chi connectivity index (χ4n) is 12.1. The molecule has 0 spiro atoms. The summed E-state index contributed by atoms with van der Waals surface area (Å²) in [7, 11) is 0. The van der Waals surface area contributed by atoms with Crippen LogP contribution in [0.5, 0.6) is 0 Å². The summed E-state index contributed by atoms with van der Waals surface area (Å²) in [5.41, 5.74) is 16.7. The smallest absolute Gasteiger partial charge is 0.101 e. The van der Waals surface area contributed by atoms with Gasteiger partial charge in [0.15, 0.2) is 0 Å². The molecule has 11 aromatic carbocycles. The Hall–Kier alpha value is -10.4. The van der Waals surface area contributed by atoms with Crippen molar-refractivity contribution in [1.82, 2.24) is 18.3 Å². The Balaban J connectivity index is 1.08. The van der Waals surface area contributed by atoms with Crippen LogP contribution in [-0.2, 0) is 0 Å². The maximum absolute atomic E-state index is 10.9. The zero-order valence-corrected chi connectivity index (χ0v) is 39.8. The maximum Gasteiger partial charge on any atom is 0.101 e. The van der Waals surface area contributed by atoms with Gasteiger partial charge >= 0.3 is 0 Å². The van der Waals surface area contributed by atoms with Gasteiger partial charge in [-0.25, -0.2) is 0 Å². The van der Waals surface area contributed by atoms with Crippen LogP contribution in [0.4, 0.5) is 0 Å². The molecular weight excluding hydrogens is 901 g/mol. The number of hydrogen-bond donors (Lipinski definition) is 0. The number of fused-ring (bicyclic) bond motifs is 12. The third kappa shape index (κ3) is 6.04. The first-order valence-corrected chi connectivity index (χ1v) is 24.9. The summed E-state index contributed by atoms with van der Waals surface area (Å²) in [5, 5.41) is 31.1. The fraction of sp³-hybridized carbons (Fsp3) is 0. The summed E-state index contributed by atoms with van der Waals surface area (Å²) in [6.07, 6.45) is 0. The molecule has 0 N–H and O–H groups in total. The molecule has 0 unspecified atom stereocenters. The van der Waals surface area contributed by atoms with Gasteiger partial charge in [-0.1, -0.05) is 146 Å². The van der Waals surface area contributed by atoms with Crippen molar-refractivity contribution in [1.29, 1.82) is 10.5 Å². The Labute approximate surface area is 424 Å². The lowest BCUT2D eigenvalue weighted by Gasteiger charge is -2.20. The van der Waals surface area contributed by atoms with Gasteiger partial charge in [-0.15, -0.1) is 0 Å². The van der Waals surface area contributed by atoms with Crippen molar-refractivity contribution in [2.75, 3.05) is 0 Å². The van der Waals surface area contributed by atoms with E-state index in [2.05, 4.69) is 261 Å². The minimum absolute atomic E-state index is 0.313. The third-order valence-electron chi connectivity index (χ3n) is 15.2. The van der Waals surface area contributed by atoms with Gasteiger partial charge in [0, 0.05) is 65.8 Å². The molecule has 342 valence electrons. The molecule has 4 heterocycles. The molecule has 0 aliphatic carbocycles. The molecule has 0 saturated carbocycles. The number of aromatic nitrogens is 4. The van der Waals surface area contributed by atoms with E-state index in [1.807, 2.05) is 12.1 Å². The lowest BCUT2D eigenvalue weighted by Crippen LogP contribution is -2.02. The Kier molecular flexibility index (Phi) is 8.99. The van der Waals surface area contributed by atoms with Crippen LogP contribution in [0, 0.1) is 22.7 Å². The van der Waals surface area contributed by atoms with Crippen LogP contribution in [0.15, 0.2) is 243 Å². The first-order valence-electron chi connectivity index (χ1n) is 24.9. The van der Waals surface area contributed by atoms with Crippen LogP contribution in [0.3, 0.4) is 0 Å². The summed E-state index contributed by atoms with van der Waals surface area (Å²) >= 11 is 0. The maximum atomic E-state index is 10.9. The highest BCUT2D eigenvalue weighted by Crippen LogP contribution is 2.44. The van der Waals surface area contributed by atoms with Gasteiger partial charge in [0.1, 0.15) is 12.1 Å². The lowest BCUT2D eigenvalue weighted by atomic mass is 9.89. The summed E-state index contributed by atoms with van der Waals surface area (Å²) in [6, 6.07) is 91.1. The second-order valence-electron chi connectivity index (χ2n) is 19.1. The van der Waals surface area contributed by atoms with Gasteiger partial charge in [-0.05, 0) is 119 Å². The van der Waals surface area contributed by atoms with Crippen LogP contribution >= 0.6 is 0 Å². The fourth-order valence-corrected chi connectivity index (χ4v) is 12.1. The summed E-state index contributed by atoms with van der Waals surface area (Å²) < 4.78 is 9.46. The molecule has 0 amide bonds. The molecule has 6 heteroatoms. The minimum Gasteiger partial charge on any atom is -0.309 e. The van der Waals surface area contributed by atoms with E-state index < -0.39 is 0 Å². The Morgan fingerprint density at radius 3 is 0.608 bits per heavy atom. The van der Waals surface area contributed by atoms with E-state index in [9.17, 15) is 10.5 Å². The summed E-state index contributed by atoms with van der Waals surface area (Å²) in [5.74, 6) is 0. The standard InChI is InChI=1S/C68H40N6/c69-41-45-37-59(43-33-47(71-61-25-9-1-17-51(61)52-18-2-10-26-62(52)71)39-48(34-43)72-63-27-11-3-19-53(63)54-20-4-12-28-64(54)72)60(38-46(45)42-70)44-35-49(73-65-29-13-5-21-55(65)56-22-6-14-30-66(56)73)40-50(36-44)74-67-31-15-7-23-57(67)58-24-8-16-32-68(58)74/h1-40H. The number of rotatable bonds is 6. The molecule has 0 bridgehead atoms. The van der Waals surface area contributed by atoms with E-state index >= 15 is 0 Å². The van der Waals surface area contributed by atoms with Gasteiger partial charge in [-0.2, -0.15) is 10.5 Å². The normalized spacial score (nSPS) is 11.8. The van der Waals surface area contributed by atoms with Crippen LogP contribution < -0.4 is 0 Å². The van der Waals surface area contributed by atoms with Crippen molar-refractivity contribution < 1.29 is 0 Å². The van der Waals surface area contributed by atoms with E-state index in [4.69, 9.17) is 0 Å². The lowest BCUT2D eigenvalue weighted by molar-refractivity contribution is 1.13. The zero-order valence-electron chi connectivity index (χ0n) is 39.8. The third-order valence-corrected chi connectivity index (χ3v) is 15.2. The molecular formula is C68H40N6. The van der Waals surface area contributed by atoms with Crippen molar-refractivity contribution in [2.24, 2.45) is 0 Å². The monoisotopic (exact) mass is 940 g/mol. The largest absolute Gasteiger partial charge is 0.309 e. The summed E-state index contributed by atoms with van der Waals surface area (Å²) in [6.45, 7) is 0. The van der Waals surface area contributed by atoms with Crippen LogP contribution in [0.1, 0.15) is 11.1 Å². The molecule has 0 atom stereocenters. The Bertz CT molecular complexity index is 4160. The van der Waals surface area contributed by atoms with Crippen molar-refractivity contribution in [3.63, 3.8) is 0 Å². The molecule has 74 heavy (non-hydrogen) atoms. The number of para-hydroxylation sites is 8. The molecule has 6 nitrogen and oxygen atoms in total. The second kappa shape index (κ2) is 16.1. The SMILES string of the molecule is N#Cc1cc(-c2cc(-n3c4ccccc4c4ccccc43)cc(-n3c4ccccc4c4ccccc43)c2)c(-c2cc(-n3c4ccccc4c4ccccc43)cc(-n3c4ccccc4c4ccccc43)c2)cc1C#N. The average molecular weight is 941 g/mol. The molecule has 15 rings (SSSR count). The zero-order chi connectivity index (χ0) is 49.0. The Morgan fingerprint density at radius 2 is 0.419 bits per heavy atom. The molecule has 0 saturated heterocycles. The van der Waals surface area contributed by atoms with Crippen molar-refractivity contribution in [3.8, 4) is 57.1 Å². The highest BCUT2D eigenvalue weighted by molar-refractivity contribution is 6.13. The van der Waals surface area contributed by atoms with Crippen molar-refractivity contribution >= 4 is 87.2 Å². The van der Waals surface area contributed by atoms with Gasteiger partial charge in [0.2, 0.25) is 0 Å². The number of nitrogens with zero attached hydrogens (tertiary/aromatic N) is 6. The topological polar surface area (TPSA) is 67.3 Å². The number of benzene rings is 11. The molecule has 0 radical (unpaired) electrons. The molecule has 0 aliphatic rings. The Morgan fingerprint density at radius 1 is 0.230 bits per heavy atom. The number of nitriles is 2. The minimum atomic E-state index is 0.313. The van der Waals surface area contributed by atoms with E-state index in [1.165, 1.54) is 0 Å². The molecule has 0 aliphatic heterocycles. The van der Waals surface area contributed by atoms with Crippen LogP contribution in [0.2, 0.25) is 0 Å². The van der Waals surface area contributed by atoms with Gasteiger partial charge < -0.3 is 18.3 Å². The van der Waals surface area contributed by atoms with Crippen molar-refractivity contribution in [3.05, 3.63) is 254 Å². The highest BCUT2D eigenvalue weighted by atomic mass is 15.0. The highest BCUT2D eigenvalue weighted by Gasteiger charge is 2.23. The first-order chi connectivity index (χ1) is 36.6. The van der Waals surface area contributed by atoms with Gasteiger partial charge in [0.05, 0.1) is 55.3 Å². The number of hydrogen-bond acceptors (Lipinski definition) is 2. The van der Waals surface area contributed by atoms with Crippen LogP contribution in [-0.4, -0.2) is 18.3 Å². The predicted octanol–water partition coefficient (Wildman–Crippen LogP) is 17.2. The molecule has 4 aromatic heterocycles. The van der Waals surface area contributed by atoms with Crippen molar-refractivity contribution in [2.45, 2.75) is 0 Å². The molecule has 0 fully saturated rings. The van der Waals surface area contributed by atoms with Gasteiger partial charge in [0.25, 0.3) is 0 Å².